The van der Waals surface area contributed by atoms with Crippen LogP contribution in [-0.4, -0.2) is 49.1 Å². The van der Waals surface area contributed by atoms with E-state index in [1.54, 1.807) is 12.1 Å². The Kier molecular flexibility index (Phi) is 14.0. The van der Waals surface area contributed by atoms with Gasteiger partial charge in [-0.2, -0.15) is 17.2 Å². The Morgan fingerprint density at radius 1 is 0.691 bits per heavy atom. The molecule has 300 valence electrons. The summed E-state index contributed by atoms with van der Waals surface area (Å²) in [5, 5.41) is -4.49. The lowest BCUT2D eigenvalue weighted by molar-refractivity contribution is -0.238. The van der Waals surface area contributed by atoms with Gasteiger partial charge in [-0.15, -0.1) is 0 Å². The van der Waals surface area contributed by atoms with Crippen molar-refractivity contribution in [2.45, 2.75) is 136 Å². The fraction of sp³-hybridized carbons (Fsp3) is 0.535. The number of hydrogen-bond donors (Lipinski definition) is 1. The van der Waals surface area contributed by atoms with Crippen molar-refractivity contribution in [1.29, 1.82) is 0 Å². The van der Waals surface area contributed by atoms with E-state index in [4.69, 9.17) is 18.8 Å². The summed E-state index contributed by atoms with van der Waals surface area (Å²) < 4.78 is 78.4. The normalized spacial score (nSPS) is 18.0. The van der Waals surface area contributed by atoms with Crippen molar-refractivity contribution in [3.63, 3.8) is 0 Å². The molecule has 2 atom stereocenters. The van der Waals surface area contributed by atoms with Crippen LogP contribution in [0, 0.1) is 11.8 Å². The highest BCUT2D eigenvalue weighted by molar-refractivity contribution is 7.97. The van der Waals surface area contributed by atoms with Crippen LogP contribution >= 0.6 is 0 Å². The largest absolute Gasteiger partial charge is 0.483 e. The van der Waals surface area contributed by atoms with Crippen molar-refractivity contribution in [2.75, 3.05) is 13.2 Å². The number of carbonyl (C=O) groups excluding carboxylic acids is 2. The van der Waals surface area contributed by atoms with Gasteiger partial charge in [0.1, 0.15) is 17.3 Å². The fourth-order valence-corrected chi connectivity index (χ4v) is 9.66. The first kappa shape index (κ1) is 43.0. The minimum absolute atomic E-state index is 0.0336. The molecule has 3 aromatic carbocycles. The molecule has 0 amide bonds. The van der Waals surface area contributed by atoms with Crippen LogP contribution in [0.5, 0.6) is 5.75 Å². The Labute approximate surface area is 327 Å². The van der Waals surface area contributed by atoms with Gasteiger partial charge in [-0.1, -0.05) is 32.9 Å². The summed E-state index contributed by atoms with van der Waals surface area (Å²) in [4.78, 5) is 26.5. The van der Waals surface area contributed by atoms with Crippen molar-refractivity contribution in [3.8, 4) is 5.75 Å². The van der Waals surface area contributed by atoms with Crippen LogP contribution in [0.4, 0.5) is 8.78 Å². The molecule has 0 spiro atoms. The van der Waals surface area contributed by atoms with Gasteiger partial charge in [0.25, 0.3) is 0 Å². The maximum Gasteiger partial charge on any atom is 0.405 e. The number of benzene rings is 3. The summed E-state index contributed by atoms with van der Waals surface area (Å²) in [7, 11) is -6.30. The fourth-order valence-electron chi connectivity index (χ4n) is 7.16. The number of ether oxygens (including phenoxy) is 3. The lowest BCUT2D eigenvalue weighted by Crippen LogP contribution is -2.42. The molecule has 1 N–H and O–H groups in total. The summed E-state index contributed by atoms with van der Waals surface area (Å²) in [5.41, 5.74) is 1.99. The van der Waals surface area contributed by atoms with Gasteiger partial charge in [-0.3, -0.25) is 14.1 Å². The minimum atomic E-state index is -5.67. The molecule has 0 heterocycles. The number of carbonyl (C=O) groups is 2. The number of halogens is 2. The Morgan fingerprint density at radius 3 is 1.45 bits per heavy atom. The number of hydrogen-bond acceptors (Lipinski definition) is 7. The number of ketones is 2. The first-order chi connectivity index (χ1) is 25.9. The monoisotopic (exact) mass is 801 g/mol. The molecule has 0 aliphatic heterocycles. The van der Waals surface area contributed by atoms with Crippen LogP contribution < -0.4 is 4.74 Å². The molecule has 0 saturated heterocycles. The van der Waals surface area contributed by atoms with Crippen molar-refractivity contribution < 1.29 is 45.6 Å². The van der Waals surface area contributed by atoms with Gasteiger partial charge in [0.15, 0.2) is 26.6 Å². The predicted octanol–water partition coefficient (Wildman–Crippen LogP) is 9.83. The van der Waals surface area contributed by atoms with E-state index in [-0.39, 0.29) is 11.2 Å². The summed E-state index contributed by atoms with van der Waals surface area (Å²) >= 11 is 0. The maximum atomic E-state index is 14.2. The van der Waals surface area contributed by atoms with Crippen molar-refractivity contribution in [3.05, 3.63) is 83.9 Å². The third-order valence-corrected chi connectivity index (χ3v) is 14.1. The summed E-state index contributed by atoms with van der Waals surface area (Å²) in [6, 6.07) is 23.2. The first-order valence-electron chi connectivity index (χ1n) is 19.2. The molecule has 2 aliphatic rings. The van der Waals surface area contributed by atoms with E-state index in [9.17, 15) is 26.8 Å². The highest BCUT2D eigenvalue weighted by atomic mass is 32.2. The van der Waals surface area contributed by atoms with Gasteiger partial charge in [0.2, 0.25) is 0 Å². The third kappa shape index (κ3) is 11.2. The topological polar surface area (TPSA) is 116 Å². The Bertz CT molecular complexity index is 1800. The molecule has 2 saturated carbocycles. The van der Waals surface area contributed by atoms with E-state index in [1.165, 1.54) is 17.7 Å². The third-order valence-electron chi connectivity index (χ3n) is 10.9. The van der Waals surface area contributed by atoms with Crippen LogP contribution in [0.25, 0.3) is 0 Å². The second-order valence-corrected chi connectivity index (χ2v) is 19.6. The lowest BCUT2D eigenvalue weighted by Gasteiger charge is -2.32. The molecule has 12 heteroatoms. The molecule has 3 aromatic rings. The van der Waals surface area contributed by atoms with E-state index in [0.29, 0.717) is 62.3 Å². The molecule has 8 nitrogen and oxygen atoms in total. The van der Waals surface area contributed by atoms with Gasteiger partial charge >= 0.3 is 15.4 Å². The van der Waals surface area contributed by atoms with Crippen molar-refractivity contribution in [1.82, 2.24) is 0 Å². The highest BCUT2D eigenvalue weighted by Crippen LogP contribution is 2.37. The smallest absolute Gasteiger partial charge is 0.405 e. The average molecular weight is 802 g/mol. The molecule has 2 unspecified atom stereocenters. The molecule has 0 aromatic heterocycles. The molecule has 2 aliphatic carbocycles. The van der Waals surface area contributed by atoms with Crippen LogP contribution in [-0.2, 0) is 51.3 Å². The molecule has 2 fully saturated rings. The van der Waals surface area contributed by atoms with Crippen LogP contribution in [0.15, 0.2) is 87.5 Å². The summed E-state index contributed by atoms with van der Waals surface area (Å²) in [6.07, 6.45) is 5.62. The average Bonchev–Trinajstić information content (AvgIpc) is 3.14. The molecule has 0 bridgehead atoms. The van der Waals surface area contributed by atoms with Gasteiger partial charge in [-0.25, -0.2) is 0 Å². The van der Waals surface area contributed by atoms with Gasteiger partial charge < -0.3 is 14.2 Å². The van der Waals surface area contributed by atoms with Gasteiger partial charge in [0, 0.05) is 31.2 Å². The van der Waals surface area contributed by atoms with Crippen LogP contribution in [0.3, 0.4) is 0 Å². The Balaban J connectivity index is 1.40. The zero-order valence-corrected chi connectivity index (χ0v) is 34.2. The summed E-state index contributed by atoms with van der Waals surface area (Å²) in [5.74, 6) is 0.549. The van der Waals surface area contributed by atoms with Crippen LogP contribution in [0.2, 0.25) is 0 Å². The first-order valence-corrected chi connectivity index (χ1v) is 21.9. The van der Waals surface area contributed by atoms with Crippen molar-refractivity contribution in [2.24, 2.45) is 11.8 Å². The number of rotatable bonds is 16. The second kappa shape index (κ2) is 18.0. The molecule has 0 radical (unpaired) electrons. The van der Waals surface area contributed by atoms with E-state index < -0.39 is 38.2 Å². The quantitative estimate of drug-likeness (QED) is 0.0865. The molecular formula is C43H55F2O8S2+. The molecule has 5 rings (SSSR count). The molecule has 55 heavy (non-hydrogen) atoms. The Morgan fingerprint density at radius 2 is 1.07 bits per heavy atom. The zero-order valence-electron chi connectivity index (χ0n) is 32.5. The standard InChI is InChI=1S/C43H54F2O8S2/c1-30(43(44,45)55(48,49)50)53-37-18-24-40(25-19-37)54(38-20-10-33(11-21-38)41(2,3)4)39-22-12-34(13-23-39)42(5,51-28-26-31-6-14-35(46)15-7-31)52-29-27-32-8-16-36(47)17-9-32/h10-13,18-25,30-32H,6-9,14-17,26-29H2,1-5H3/p+1. The van der Waals surface area contributed by atoms with Gasteiger partial charge in [0.05, 0.1) is 24.1 Å². The Hall–Kier alpha value is -3.16. The lowest BCUT2D eigenvalue weighted by atomic mass is 9.86. The SMILES string of the molecule is CC(Oc1ccc([S+](c2ccc(C(C)(C)C)cc2)c2ccc(C(C)(OCCC3CCC(=O)CC3)OCCC3CCC(=O)CC3)cc2)cc1)C(F)(F)S(=O)(=O)O. The second-order valence-electron chi connectivity index (χ2n) is 16.1. The van der Waals surface area contributed by atoms with Crippen LogP contribution in [0.1, 0.15) is 110 Å². The molecular weight excluding hydrogens is 747 g/mol. The van der Waals surface area contributed by atoms with E-state index >= 15 is 0 Å². The van der Waals surface area contributed by atoms with E-state index in [0.717, 1.165) is 65.7 Å². The maximum absolute atomic E-state index is 14.2. The summed E-state index contributed by atoms with van der Waals surface area (Å²) in [6.45, 7) is 10.3. The highest BCUT2D eigenvalue weighted by Gasteiger charge is 2.51. The minimum Gasteiger partial charge on any atom is -0.483 e. The zero-order chi connectivity index (χ0) is 40.0. The van der Waals surface area contributed by atoms with Gasteiger partial charge in [-0.05, 0) is 136 Å². The van der Waals surface area contributed by atoms with E-state index in [1.807, 2.05) is 19.1 Å². The van der Waals surface area contributed by atoms with Crippen molar-refractivity contribution >= 4 is 32.6 Å². The predicted molar refractivity (Wildman–Crippen MR) is 209 cm³/mol. The van der Waals surface area contributed by atoms with E-state index in [2.05, 4.69) is 57.2 Å². The number of Topliss-reactive ketones (excluding diaryl/α,β-unsaturated/α-hetero) is 2. The number of alkyl halides is 2.